The van der Waals surface area contributed by atoms with Crippen molar-refractivity contribution < 1.29 is 9.59 Å². The van der Waals surface area contributed by atoms with Crippen molar-refractivity contribution in [3.8, 4) is 0 Å². The molecular formula is C23H28N4O3S2. The second-order valence-electron chi connectivity index (χ2n) is 7.56. The predicted octanol–water partition coefficient (Wildman–Crippen LogP) is 4.01. The lowest BCUT2D eigenvalue weighted by molar-refractivity contribution is -0.119. The van der Waals surface area contributed by atoms with E-state index in [4.69, 9.17) is 4.98 Å². The van der Waals surface area contributed by atoms with Gasteiger partial charge >= 0.3 is 6.03 Å². The summed E-state index contributed by atoms with van der Waals surface area (Å²) >= 11 is 2.70. The Morgan fingerprint density at radius 1 is 1.19 bits per heavy atom. The van der Waals surface area contributed by atoms with E-state index in [-0.39, 0.29) is 5.56 Å². The lowest BCUT2D eigenvalue weighted by Crippen LogP contribution is -2.42. The Labute approximate surface area is 195 Å². The van der Waals surface area contributed by atoms with Crippen molar-refractivity contribution in [2.75, 3.05) is 6.54 Å². The van der Waals surface area contributed by atoms with Crippen LogP contribution >= 0.6 is 23.1 Å². The van der Waals surface area contributed by atoms with Gasteiger partial charge in [0.1, 0.15) is 4.83 Å². The molecular weight excluding hydrogens is 444 g/mol. The molecule has 32 heavy (non-hydrogen) atoms. The molecule has 0 bridgehead atoms. The van der Waals surface area contributed by atoms with Crippen LogP contribution < -0.4 is 16.2 Å². The first-order valence-corrected chi connectivity index (χ1v) is 12.3. The zero-order valence-electron chi connectivity index (χ0n) is 18.9. The van der Waals surface area contributed by atoms with Gasteiger partial charge in [0.2, 0.25) is 5.91 Å². The van der Waals surface area contributed by atoms with Crippen LogP contribution in [0.3, 0.4) is 0 Å². The van der Waals surface area contributed by atoms with Crippen LogP contribution in [-0.2, 0) is 17.8 Å². The SMILES string of the molecule is CCNC(=O)NC(=O)C(C)Sc1nc2sc(CC)c(C)c2c(=O)n1Cc1ccc(C)cc1. The molecule has 2 N–H and O–H groups in total. The van der Waals surface area contributed by atoms with E-state index in [9.17, 15) is 14.4 Å². The van der Waals surface area contributed by atoms with Gasteiger partial charge in [0.15, 0.2) is 5.16 Å². The van der Waals surface area contributed by atoms with E-state index >= 15 is 0 Å². The number of fused-ring (bicyclic) bond motifs is 1. The Kier molecular flexibility index (Phi) is 7.73. The van der Waals surface area contributed by atoms with E-state index in [1.54, 1.807) is 18.4 Å². The number of imide groups is 1. The Morgan fingerprint density at radius 2 is 1.88 bits per heavy atom. The Bertz CT molecular complexity index is 1200. The minimum atomic E-state index is -0.613. The molecule has 0 aliphatic rings. The predicted molar refractivity (Wildman–Crippen MR) is 131 cm³/mol. The van der Waals surface area contributed by atoms with Crippen molar-refractivity contribution in [3.05, 3.63) is 56.2 Å². The number of nitrogens with zero attached hydrogens (tertiary/aromatic N) is 2. The molecule has 3 amide bonds. The first-order valence-electron chi connectivity index (χ1n) is 10.6. The minimum absolute atomic E-state index is 0.108. The molecule has 3 aromatic rings. The van der Waals surface area contributed by atoms with Crippen LogP contribution in [0.25, 0.3) is 10.2 Å². The van der Waals surface area contributed by atoms with Crippen molar-refractivity contribution >= 4 is 45.3 Å². The highest BCUT2D eigenvalue weighted by Gasteiger charge is 2.23. The molecule has 170 valence electrons. The third-order valence-corrected chi connectivity index (χ3v) is 7.54. The molecule has 0 spiro atoms. The zero-order chi connectivity index (χ0) is 23.4. The molecule has 0 saturated carbocycles. The molecule has 7 nitrogen and oxygen atoms in total. The molecule has 0 aliphatic carbocycles. The van der Waals surface area contributed by atoms with Gasteiger partial charge < -0.3 is 5.32 Å². The summed E-state index contributed by atoms with van der Waals surface area (Å²) < 4.78 is 1.63. The van der Waals surface area contributed by atoms with Crippen molar-refractivity contribution in [1.82, 2.24) is 20.2 Å². The first kappa shape index (κ1) is 24.0. The van der Waals surface area contributed by atoms with E-state index in [1.807, 2.05) is 38.1 Å². The summed E-state index contributed by atoms with van der Waals surface area (Å²) in [6.45, 7) is 10.3. The smallest absolute Gasteiger partial charge is 0.321 e. The van der Waals surface area contributed by atoms with Crippen molar-refractivity contribution in [3.63, 3.8) is 0 Å². The van der Waals surface area contributed by atoms with Gasteiger partial charge in [-0.3, -0.25) is 19.5 Å². The number of urea groups is 1. The Hall–Kier alpha value is -2.65. The van der Waals surface area contributed by atoms with Crippen LogP contribution in [0.1, 0.15) is 42.3 Å². The standard InChI is InChI=1S/C23H28N4O3S2/c1-6-17-14(4)18-20(32-17)26-23(31-15(5)19(28)25-22(30)24-7-2)27(21(18)29)12-16-10-8-13(3)9-11-16/h8-11,15H,6-7,12H2,1-5H3,(H2,24,25,28,30). The average Bonchev–Trinajstić information content (AvgIpc) is 3.07. The third-order valence-electron chi connectivity index (χ3n) is 5.12. The lowest BCUT2D eigenvalue weighted by Gasteiger charge is -2.16. The van der Waals surface area contributed by atoms with Crippen LogP contribution in [0, 0.1) is 13.8 Å². The van der Waals surface area contributed by atoms with Gasteiger partial charge in [-0.05, 0) is 45.2 Å². The van der Waals surface area contributed by atoms with Crippen LogP contribution in [0.4, 0.5) is 4.79 Å². The average molecular weight is 473 g/mol. The fourth-order valence-corrected chi connectivity index (χ4v) is 5.38. The monoisotopic (exact) mass is 472 g/mol. The molecule has 0 aliphatic heterocycles. The van der Waals surface area contributed by atoms with E-state index in [2.05, 4.69) is 17.6 Å². The van der Waals surface area contributed by atoms with E-state index in [1.165, 1.54) is 23.1 Å². The van der Waals surface area contributed by atoms with E-state index in [0.29, 0.717) is 28.5 Å². The van der Waals surface area contributed by atoms with Gasteiger partial charge in [-0.15, -0.1) is 11.3 Å². The maximum atomic E-state index is 13.5. The fraction of sp³-hybridized carbons (Fsp3) is 0.391. The first-order chi connectivity index (χ1) is 15.2. The number of thiophene rings is 1. The topological polar surface area (TPSA) is 93.1 Å². The van der Waals surface area contributed by atoms with Crippen molar-refractivity contribution in [2.24, 2.45) is 0 Å². The van der Waals surface area contributed by atoms with Crippen molar-refractivity contribution in [1.29, 1.82) is 0 Å². The number of benzene rings is 1. The molecule has 0 radical (unpaired) electrons. The lowest BCUT2D eigenvalue weighted by atomic mass is 10.1. The number of nitrogens with one attached hydrogen (secondary N) is 2. The summed E-state index contributed by atoms with van der Waals surface area (Å²) in [5.41, 5.74) is 2.98. The highest BCUT2D eigenvalue weighted by Crippen LogP contribution is 2.31. The maximum Gasteiger partial charge on any atom is 0.321 e. The molecule has 0 saturated heterocycles. The second kappa shape index (κ2) is 10.3. The second-order valence-corrected chi connectivity index (χ2v) is 9.96. The molecule has 3 rings (SSSR count). The van der Waals surface area contributed by atoms with Gasteiger partial charge in [0.05, 0.1) is 17.2 Å². The number of aromatic nitrogens is 2. The molecule has 2 aromatic heterocycles. The number of hydrogen-bond acceptors (Lipinski definition) is 6. The molecule has 2 heterocycles. The fourth-order valence-electron chi connectivity index (χ4n) is 3.32. The highest BCUT2D eigenvalue weighted by molar-refractivity contribution is 8.00. The number of carbonyl (C=O) groups is 2. The quantitative estimate of drug-likeness (QED) is 0.400. The summed E-state index contributed by atoms with van der Waals surface area (Å²) in [5.74, 6) is -0.436. The zero-order valence-corrected chi connectivity index (χ0v) is 20.6. The highest BCUT2D eigenvalue weighted by atomic mass is 32.2. The molecule has 1 unspecified atom stereocenters. The summed E-state index contributed by atoms with van der Waals surface area (Å²) in [4.78, 5) is 44.4. The van der Waals surface area contributed by atoms with Crippen molar-refractivity contribution in [2.45, 2.75) is 58.0 Å². The number of hydrogen-bond donors (Lipinski definition) is 2. The third kappa shape index (κ3) is 5.21. The van der Waals surface area contributed by atoms with Gasteiger partial charge in [0.25, 0.3) is 5.56 Å². The summed E-state index contributed by atoms with van der Waals surface area (Å²) in [6.07, 6.45) is 0.831. The molecule has 1 atom stereocenters. The molecule has 9 heteroatoms. The number of aryl methyl sites for hydroxylation is 3. The maximum absolute atomic E-state index is 13.5. The number of carbonyl (C=O) groups excluding carboxylic acids is 2. The summed E-state index contributed by atoms with van der Waals surface area (Å²) in [6, 6.07) is 7.46. The number of amides is 3. The Morgan fingerprint density at radius 3 is 2.50 bits per heavy atom. The van der Waals surface area contributed by atoms with E-state index in [0.717, 1.165) is 28.0 Å². The Balaban J connectivity index is 2.02. The van der Waals surface area contributed by atoms with Gasteiger partial charge in [-0.1, -0.05) is 48.5 Å². The van der Waals surface area contributed by atoms with Crippen LogP contribution in [-0.4, -0.2) is 33.3 Å². The normalized spacial score (nSPS) is 12.0. The largest absolute Gasteiger partial charge is 0.338 e. The van der Waals surface area contributed by atoms with Gasteiger partial charge in [0, 0.05) is 11.4 Å². The van der Waals surface area contributed by atoms with Crippen LogP contribution in [0.5, 0.6) is 0 Å². The van der Waals surface area contributed by atoms with Crippen LogP contribution in [0.2, 0.25) is 0 Å². The van der Waals surface area contributed by atoms with Gasteiger partial charge in [-0.25, -0.2) is 9.78 Å². The van der Waals surface area contributed by atoms with Gasteiger partial charge in [-0.2, -0.15) is 0 Å². The summed E-state index contributed by atoms with van der Waals surface area (Å²) in [7, 11) is 0. The molecule has 0 fully saturated rings. The minimum Gasteiger partial charge on any atom is -0.338 e. The molecule has 1 aromatic carbocycles. The number of thioether (sulfide) groups is 1. The number of rotatable bonds is 7. The van der Waals surface area contributed by atoms with E-state index < -0.39 is 17.2 Å². The van der Waals surface area contributed by atoms with Crippen LogP contribution in [0.15, 0.2) is 34.2 Å². The summed E-state index contributed by atoms with van der Waals surface area (Å²) in [5, 5.41) is 5.36.